The number of aromatic amines is 1. The van der Waals surface area contributed by atoms with Crippen LogP contribution < -0.4 is 0 Å². The van der Waals surface area contributed by atoms with Crippen LogP contribution >= 0.6 is 11.6 Å². The molecule has 0 atom stereocenters. The molecule has 6 aromatic rings. The molecule has 3 aromatic heterocycles. The first-order valence-electron chi connectivity index (χ1n) is 11.0. The Bertz CT molecular complexity index is 1520. The Morgan fingerprint density at radius 2 is 1.27 bits per heavy atom. The van der Waals surface area contributed by atoms with Crippen molar-refractivity contribution < 1.29 is 0 Å². The van der Waals surface area contributed by atoms with Crippen LogP contribution in [0, 0.1) is 0 Å². The van der Waals surface area contributed by atoms with Gasteiger partial charge in [-0.2, -0.15) is 5.10 Å². The maximum Gasteiger partial charge on any atom is 0.0691 e. The van der Waals surface area contributed by atoms with Gasteiger partial charge in [0.25, 0.3) is 0 Å². The third-order valence-corrected chi connectivity index (χ3v) is 6.84. The Balaban J connectivity index is 1.67. The minimum absolute atomic E-state index is 0.00614. The average molecular weight is 451 g/mol. The quantitative estimate of drug-likeness (QED) is 0.312. The van der Waals surface area contributed by atoms with E-state index in [9.17, 15) is 0 Å². The maximum atomic E-state index is 6.17. The molecular weight excluding hydrogens is 428 g/mol. The van der Waals surface area contributed by atoms with Crippen LogP contribution in [0.15, 0.2) is 91.4 Å². The summed E-state index contributed by atoms with van der Waals surface area (Å²) in [7, 11) is 4.23. The lowest BCUT2D eigenvalue weighted by Gasteiger charge is -2.17. The maximum absolute atomic E-state index is 6.17. The van der Waals surface area contributed by atoms with Gasteiger partial charge in [0.05, 0.1) is 11.9 Å². The van der Waals surface area contributed by atoms with Crippen molar-refractivity contribution in [3.8, 4) is 11.3 Å². The molecule has 0 radical (unpaired) electrons. The SMILES string of the molecule is Cn1cc(C(c2cn[nH]c2-c2ccc(Cl)cc2)c2cn(C)c3ccccc23)c2ccccc21. The average Bonchev–Trinajstić information content (AvgIpc) is 3.53. The van der Waals surface area contributed by atoms with E-state index >= 15 is 0 Å². The molecule has 0 unspecified atom stereocenters. The molecule has 162 valence electrons. The normalized spacial score (nSPS) is 11.8. The topological polar surface area (TPSA) is 38.5 Å². The van der Waals surface area contributed by atoms with E-state index in [0.29, 0.717) is 0 Å². The molecule has 3 heterocycles. The van der Waals surface area contributed by atoms with Crippen molar-refractivity contribution in [1.29, 1.82) is 0 Å². The Morgan fingerprint density at radius 1 is 0.727 bits per heavy atom. The van der Waals surface area contributed by atoms with Gasteiger partial charge in [-0.25, -0.2) is 0 Å². The Kier molecular flexibility index (Phi) is 4.63. The molecule has 0 amide bonds. The molecule has 0 aliphatic rings. The van der Waals surface area contributed by atoms with Crippen LogP contribution in [-0.2, 0) is 14.1 Å². The summed E-state index contributed by atoms with van der Waals surface area (Å²) in [6.07, 6.45) is 6.49. The summed E-state index contributed by atoms with van der Waals surface area (Å²) in [4.78, 5) is 0. The van der Waals surface area contributed by atoms with E-state index in [0.717, 1.165) is 21.8 Å². The third-order valence-electron chi connectivity index (χ3n) is 6.59. The third kappa shape index (κ3) is 3.18. The fourth-order valence-corrected chi connectivity index (χ4v) is 5.20. The van der Waals surface area contributed by atoms with Gasteiger partial charge >= 0.3 is 0 Å². The van der Waals surface area contributed by atoms with Gasteiger partial charge in [0.1, 0.15) is 0 Å². The predicted molar refractivity (Wildman–Crippen MR) is 136 cm³/mol. The number of nitrogens with zero attached hydrogens (tertiary/aromatic N) is 3. The number of hydrogen-bond acceptors (Lipinski definition) is 1. The molecule has 0 aliphatic carbocycles. The molecule has 1 N–H and O–H groups in total. The molecule has 6 rings (SSSR count). The smallest absolute Gasteiger partial charge is 0.0691 e. The van der Waals surface area contributed by atoms with E-state index in [2.05, 4.69) is 94.4 Å². The highest BCUT2D eigenvalue weighted by Gasteiger charge is 2.28. The highest BCUT2D eigenvalue weighted by molar-refractivity contribution is 6.30. The van der Waals surface area contributed by atoms with Gasteiger partial charge in [-0.15, -0.1) is 0 Å². The predicted octanol–water partition coefficient (Wildman–Crippen LogP) is 6.89. The number of fused-ring (bicyclic) bond motifs is 2. The second kappa shape index (κ2) is 7.68. The Morgan fingerprint density at radius 3 is 1.85 bits per heavy atom. The standard InChI is InChI=1S/C28H23ClN4/c1-32-16-23(20-7-3-5-9-25(20)32)27(24-17-33(2)26-10-6-4-8-21(24)26)22-15-30-31-28(22)18-11-13-19(29)14-12-18/h3-17,27H,1-2H3,(H,30,31). The first-order valence-corrected chi connectivity index (χ1v) is 11.4. The molecular formula is C28H23ClN4. The van der Waals surface area contributed by atoms with Crippen LogP contribution in [0.1, 0.15) is 22.6 Å². The van der Waals surface area contributed by atoms with Crippen LogP contribution in [0.4, 0.5) is 0 Å². The highest BCUT2D eigenvalue weighted by atomic mass is 35.5. The largest absolute Gasteiger partial charge is 0.350 e. The zero-order valence-corrected chi connectivity index (χ0v) is 19.2. The Labute approximate surface area is 197 Å². The monoisotopic (exact) mass is 450 g/mol. The summed E-state index contributed by atoms with van der Waals surface area (Å²) in [5.41, 5.74) is 8.19. The summed E-state index contributed by atoms with van der Waals surface area (Å²) in [5.74, 6) is 0.00614. The number of benzene rings is 3. The van der Waals surface area contributed by atoms with Crippen molar-refractivity contribution in [2.75, 3.05) is 0 Å². The Hall–Kier alpha value is -3.76. The van der Waals surface area contributed by atoms with Gasteiger partial charge in [0.2, 0.25) is 0 Å². The first kappa shape index (κ1) is 19.9. The second-order valence-corrected chi connectivity index (χ2v) is 9.00. The number of aryl methyl sites for hydroxylation is 2. The molecule has 5 heteroatoms. The molecule has 3 aromatic carbocycles. The molecule has 0 saturated heterocycles. The number of rotatable bonds is 4. The van der Waals surface area contributed by atoms with Crippen molar-refractivity contribution in [3.05, 3.63) is 113 Å². The van der Waals surface area contributed by atoms with Crippen LogP contribution in [0.25, 0.3) is 33.1 Å². The fraction of sp³-hybridized carbons (Fsp3) is 0.107. The van der Waals surface area contributed by atoms with Crippen LogP contribution in [0.5, 0.6) is 0 Å². The molecule has 0 saturated carbocycles. The minimum atomic E-state index is 0.00614. The van der Waals surface area contributed by atoms with Crippen molar-refractivity contribution in [1.82, 2.24) is 19.3 Å². The molecule has 0 spiro atoms. The zero-order chi connectivity index (χ0) is 22.5. The van der Waals surface area contributed by atoms with Crippen LogP contribution in [0.2, 0.25) is 5.02 Å². The number of H-pyrrole nitrogens is 1. The van der Waals surface area contributed by atoms with E-state index < -0.39 is 0 Å². The van der Waals surface area contributed by atoms with Gasteiger partial charge < -0.3 is 9.13 Å². The van der Waals surface area contributed by atoms with E-state index in [1.54, 1.807) is 0 Å². The van der Waals surface area contributed by atoms with Gasteiger partial charge in [-0.1, -0.05) is 60.1 Å². The second-order valence-electron chi connectivity index (χ2n) is 8.57. The van der Waals surface area contributed by atoms with Gasteiger partial charge in [0, 0.05) is 64.8 Å². The van der Waals surface area contributed by atoms with E-state index in [4.69, 9.17) is 11.6 Å². The lowest BCUT2D eigenvalue weighted by atomic mass is 9.84. The summed E-state index contributed by atoms with van der Waals surface area (Å²) >= 11 is 6.17. The summed E-state index contributed by atoms with van der Waals surface area (Å²) < 4.78 is 4.43. The molecule has 0 aliphatic heterocycles. The summed E-state index contributed by atoms with van der Waals surface area (Å²) in [6.45, 7) is 0. The van der Waals surface area contributed by atoms with Crippen molar-refractivity contribution in [2.24, 2.45) is 14.1 Å². The van der Waals surface area contributed by atoms with Gasteiger partial charge in [0.15, 0.2) is 0 Å². The summed E-state index contributed by atoms with van der Waals surface area (Å²) in [6, 6.07) is 25.1. The lowest BCUT2D eigenvalue weighted by molar-refractivity contribution is 0.913. The lowest BCUT2D eigenvalue weighted by Crippen LogP contribution is -2.03. The number of aromatic nitrogens is 4. The summed E-state index contributed by atoms with van der Waals surface area (Å²) in [5, 5.41) is 11.0. The van der Waals surface area contributed by atoms with Crippen molar-refractivity contribution in [2.45, 2.75) is 5.92 Å². The first-order chi connectivity index (χ1) is 16.1. The minimum Gasteiger partial charge on any atom is -0.350 e. The van der Waals surface area contributed by atoms with Crippen molar-refractivity contribution >= 4 is 33.4 Å². The molecule has 4 nitrogen and oxygen atoms in total. The molecule has 0 fully saturated rings. The van der Waals surface area contributed by atoms with E-state index in [1.165, 1.54) is 32.9 Å². The van der Waals surface area contributed by atoms with Crippen molar-refractivity contribution in [3.63, 3.8) is 0 Å². The van der Waals surface area contributed by atoms with E-state index in [1.807, 2.05) is 30.5 Å². The van der Waals surface area contributed by atoms with Gasteiger partial charge in [-0.05, 0) is 41.0 Å². The fourth-order valence-electron chi connectivity index (χ4n) is 5.07. The number of nitrogens with one attached hydrogen (secondary N) is 1. The zero-order valence-electron chi connectivity index (χ0n) is 18.5. The number of halogens is 1. The number of hydrogen-bond donors (Lipinski definition) is 1. The highest BCUT2D eigenvalue weighted by Crippen LogP contribution is 2.43. The number of para-hydroxylation sites is 2. The molecule has 33 heavy (non-hydrogen) atoms. The van der Waals surface area contributed by atoms with E-state index in [-0.39, 0.29) is 5.92 Å². The van der Waals surface area contributed by atoms with Gasteiger partial charge in [-0.3, -0.25) is 5.10 Å². The molecule has 0 bridgehead atoms. The van der Waals surface area contributed by atoms with Crippen LogP contribution in [-0.4, -0.2) is 19.3 Å². The van der Waals surface area contributed by atoms with Crippen LogP contribution in [0.3, 0.4) is 0 Å².